The average Bonchev–Trinajstić information content (AvgIpc) is 3.09. The third-order valence-corrected chi connectivity index (χ3v) is 3.75. The fraction of sp³-hybridized carbons (Fsp3) is 0.235. The molecule has 21 heavy (non-hydrogen) atoms. The predicted octanol–water partition coefficient (Wildman–Crippen LogP) is 4.05. The Kier molecular flexibility index (Phi) is 3.29. The Balaban J connectivity index is 2.13. The first-order chi connectivity index (χ1) is 10.1. The summed E-state index contributed by atoms with van der Waals surface area (Å²) < 4.78 is 6.87. The van der Waals surface area contributed by atoms with Crippen molar-refractivity contribution in [1.29, 1.82) is 0 Å². The lowest BCUT2D eigenvalue weighted by atomic mass is 9.97. The van der Waals surface area contributed by atoms with Gasteiger partial charge in [-0.3, -0.25) is 4.68 Å². The van der Waals surface area contributed by atoms with Crippen molar-refractivity contribution >= 4 is 5.82 Å². The third-order valence-electron chi connectivity index (χ3n) is 3.75. The molecule has 4 nitrogen and oxygen atoms in total. The Morgan fingerprint density at radius 2 is 1.81 bits per heavy atom. The van der Waals surface area contributed by atoms with Crippen molar-refractivity contribution in [3.05, 3.63) is 48.4 Å². The fourth-order valence-corrected chi connectivity index (χ4v) is 2.46. The summed E-state index contributed by atoms with van der Waals surface area (Å²) in [5.74, 6) is 1.17. The van der Waals surface area contributed by atoms with Crippen LogP contribution in [0.5, 0.6) is 0 Å². The molecule has 0 saturated carbocycles. The van der Waals surface area contributed by atoms with E-state index in [2.05, 4.69) is 43.2 Å². The van der Waals surface area contributed by atoms with Gasteiger partial charge in [0.2, 0.25) is 0 Å². The van der Waals surface area contributed by atoms with E-state index >= 15 is 0 Å². The second-order valence-electron chi connectivity index (χ2n) is 5.52. The number of hydrogen-bond acceptors (Lipinski definition) is 3. The first-order valence-corrected chi connectivity index (χ1v) is 7.03. The molecule has 0 aliphatic rings. The van der Waals surface area contributed by atoms with E-state index in [0.717, 1.165) is 22.4 Å². The van der Waals surface area contributed by atoms with Crippen LogP contribution in [0.1, 0.15) is 25.3 Å². The van der Waals surface area contributed by atoms with Crippen molar-refractivity contribution in [3.8, 4) is 22.4 Å². The van der Waals surface area contributed by atoms with Gasteiger partial charge in [0, 0.05) is 12.6 Å². The minimum absolute atomic E-state index is 0.513. The Morgan fingerprint density at radius 3 is 2.38 bits per heavy atom. The quantitative estimate of drug-likeness (QED) is 0.787. The summed E-state index contributed by atoms with van der Waals surface area (Å²) in [7, 11) is 1.85. The molecule has 2 heterocycles. The molecule has 4 heteroatoms. The largest absolute Gasteiger partial charge is 0.472 e. The molecule has 0 amide bonds. The van der Waals surface area contributed by atoms with Crippen molar-refractivity contribution in [1.82, 2.24) is 9.78 Å². The van der Waals surface area contributed by atoms with Crippen LogP contribution in [-0.4, -0.2) is 9.78 Å². The number of nitrogens with two attached hydrogens (primary N) is 1. The summed E-state index contributed by atoms with van der Waals surface area (Å²) in [6, 6.07) is 10.4. The van der Waals surface area contributed by atoms with Gasteiger partial charge in [-0.2, -0.15) is 5.10 Å². The van der Waals surface area contributed by atoms with E-state index in [9.17, 15) is 0 Å². The number of aryl methyl sites for hydroxylation is 1. The summed E-state index contributed by atoms with van der Waals surface area (Å²) >= 11 is 0. The first-order valence-electron chi connectivity index (χ1n) is 7.03. The Hall–Kier alpha value is -2.49. The van der Waals surface area contributed by atoms with Gasteiger partial charge in [0.05, 0.1) is 18.1 Å². The molecule has 0 aliphatic carbocycles. The molecular weight excluding hydrogens is 262 g/mol. The van der Waals surface area contributed by atoms with Crippen LogP contribution in [0.4, 0.5) is 5.82 Å². The van der Waals surface area contributed by atoms with Crippen molar-refractivity contribution in [2.45, 2.75) is 19.8 Å². The maximum atomic E-state index is 6.21. The summed E-state index contributed by atoms with van der Waals surface area (Å²) in [6.07, 6.45) is 3.33. The van der Waals surface area contributed by atoms with Gasteiger partial charge in [-0.05, 0) is 23.1 Å². The van der Waals surface area contributed by atoms with Gasteiger partial charge >= 0.3 is 0 Å². The SMILES string of the molecule is CC(C)c1ccc(-c2c(-c3ccoc3)nn(C)c2N)cc1. The summed E-state index contributed by atoms with van der Waals surface area (Å²) in [5.41, 5.74) is 11.3. The number of anilines is 1. The number of hydrogen-bond donors (Lipinski definition) is 1. The van der Waals surface area contributed by atoms with E-state index in [1.54, 1.807) is 17.2 Å². The van der Waals surface area contributed by atoms with Gasteiger partial charge in [-0.1, -0.05) is 38.1 Å². The van der Waals surface area contributed by atoms with Gasteiger partial charge in [0.25, 0.3) is 0 Å². The normalized spacial score (nSPS) is 11.2. The zero-order valence-electron chi connectivity index (χ0n) is 12.5. The average molecular weight is 281 g/mol. The molecule has 0 bridgehead atoms. The number of aromatic nitrogens is 2. The van der Waals surface area contributed by atoms with E-state index in [4.69, 9.17) is 10.2 Å². The van der Waals surface area contributed by atoms with Crippen LogP contribution in [-0.2, 0) is 7.05 Å². The molecule has 0 radical (unpaired) electrons. The maximum Gasteiger partial charge on any atom is 0.129 e. The zero-order chi connectivity index (χ0) is 15.0. The van der Waals surface area contributed by atoms with Crippen LogP contribution in [0.2, 0.25) is 0 Å². The topological polar surface area (TPSA) is 57.0 Å². The molecule has 0 spiro atoms. The molecule has 0 aliphatic heterocycles. The van der Waals surface area contributed by atoms with Gasteiger partial charge in [0.15, 0.2) is 0 Å². The van der Waals surface area contributed by atoms with Crippen molar-refractivity contribution in [2.75, 3.05) is 5.73 Å². The predicted molar refractivity (Wildman–Crippen MR) is 84.8 cm³/mol. The van der Waals surface area contributed by atoms with Gasteiger partial charge in [-0.15, -0.1) is 0 Å². The lowest BCUT2D eigenvalue weighted by Crippen LogP contribution is -1.98. The molecule has 3 rings (SSSR count). The van der Waals surface area contributed by atoms with Crippen LogP contribution in [0.3, 0.4) is 0 Å². The minimum atomic E-state index is 0.513. The number of rotatable bonds is 3. The fourth-order valence-electron chi connectivity index (χ4n) is 2.46. The van der Waals surface area contributed by atoms with Crippen molar-refractivity contribution in [3.63, 3.8) is 0 Å². The van der Waals surface area contributed by atoms with Crippen molar-refractivity contribution in [2.24, 2.45) is 7.05 Å². The highest BCUT2D eigenvalue weighted by Gasteiger charge is 2.18. The summed E-state index contributed by atoms with van der Waals surface area (Å²) in [4.78, 5) is 0. The molecule has 3 aromatic rings. The van der Waals surface area contributed by atoms with Crippen LogP contribution >= 0.6 is 0 Å². The molecule has 0 fully saturated rings. The van der Waals surface area contributed by atoms with E-state index in [1.807, 2.05) is 13.1 Å². The summed E-state index contributed by atoms with van der Waals surface area (Å²) in [5, 5.41) is 4.52. The lowest BCUT2D eigenvalue weighted by Gasteiger charge is -2.07. The van der Waals surface area contributed by atoms with E-state index in [0.29, 0.717) is 11.7 Å². The Bertz CT molecular complexity index is 737. The monoisotopic (exact) mass is 281 g/mol. The number of nitrogens with zero attached hydrogens (tertiary/aromatic N) is 2. The number of nitrogen functional groups attached to an aromatic ring is 1. The van der Waals surface area contributed by atoms with Crippen LogP contribution in [0, 0.1) is 0 Å². The standard InChI is InChI=1S/C17H19N3O/c1-11(2)12-4-6-13(7-5-12)15-16(14-8-9-21-10-14)19-20(3)17(15)18/h4-11H,18H2,1-3H3. The minimum Gasteiger partial charge on any atom is -0.472 e. The van der Waals surface area contributed by atoms with E-state index < -0.39 is 0 Å². The van der Waals surface area contributed by atoms with Crippen LogP contribution < -0.4 is 5.73 Å². The number of benzene rings is 1. The molecule has 2 N–H and O–H groups in total. The second kappa shape index (κ2) is 5.13. The second-order valence-corrected chi connectivity index (χ2v) is 5.52. The van der Waals surface area contributed by atoms with Gasteiger partial charge in [-0.25, -0.2) is 0 Å². The highest BCUT2D eigenvalue weighted by molar-refractivity contribution is 5.87. The lowest BCUT2D eigenvalue weighted by molar-refractivity contribution is 0.568. The van der Waals surface area contributed by atoms with E-state index in [-0.39, 0.29) is 0 Å². The zero-order valence-corrected chi connectivity index (χ0v) is 12.5. The third kappa shape index (κ3) is 2.33. The molecule has 0 unspecified atom stereocenters. The van der Waals surface area contributed by atoms with Gasteiger partial charge < -0.3 is 10.2 Å². The van der Waals surface area contributed by atoms with Crippen LogP contribution in [0.15, 0.2) is 47.3 Å². The molecule has 0 saturated heterocycles. The highest BCUT2D eigenvalue weighted by Crippen LogP contribution is 2.36. The maximum absolute atomic E-state index is 6.21. The molecular formula is C17H19N3O. The smallest absolute Gasteiger partial charge is 0.129 e. The Labute approximate surface area is 124 Å². The number of furan rings is 1. The molecule has 1 aromatic carbocycles. The van der Waals surface area contributed by atoms with Gasteiger partial charge in [0.1, 0.15) is 11.5 Å². The summed E-state index contributed by atoms with van der Waals surface area (Å²) in [6.45, 7) is 4.37. The highest BCUT2D eigenvalue weighted by atomic mass is 16.3. The van der Waals surface area contributed by atoms with E-state index in [1.165, 1.54) is 5.56 Å². The molecule has 0 atom stereocenters. The van der Waals surface area contributed by atoms with Crippen molar-refractivity contribution < 1.29 is 4.42 Å². The molecule has 2 aromatic heterocycles. The molecule has 108 valence electrons. The Morgan fingerprint density at radius 1 is 1.10 bits per heavy atom. The first kappa shape index (κ1) is 13.5. The van der Waals surface area contributed by atoms with Crippen LogP contribution in [0.25, 0.3) is 22.4 Å².